The third kappa shape index (κ3) is 60.2. The fourth-order valence-electron chi connectivity index (χ4n) is 9.21. The summed E-state index contributed by atoms with van der Waals surface area (Å²) in [6, 6.07) is 0. The maximum Gasteiger partial charge on any atom is 0.306 e. The van der Waals surface area contributed by atoms with E-state index < -0.39 is 6.10 Å². The van der Waals surface area contributed by atoms with Crippen molar-refractivity contribution in [3.05, 3.63) is 60.8 Å². The Balaban J connectivity index is 4.29. The summed E-state index contributed by atoms with van der Waals surface area (Å²) in [5.41, 5.74) is 0. The number of allylic oxidation sites excluding steroid dienone is 10. The number of carbonyl (C=O) groups excluding carboxylic acids is 2. The molecule has 0 aliphatic rings. The van der Waals surface area contributed by atoms with E-state index in [1.807, 2.05) is 0 Å². The lowest BCUT2D eigenvalue weighted by Crippen LogP contribution is -2.30. The number of carbonyl (C=O) groups is 2. The minimum Gasteiger partial charge on any atom is -0.462 e. The predicted molar refractivity (Wildman–Crippen MR) is 316 cm³/mol. The zero-order chi connectivity index (χ0) is 52.0. The second-order valence-corrected chi connectivity index (χ2v) is 21.3. The Morgan fingerprint density at radius 3 is 0.972 bits per heavy atom. The molecule has 0 aromatic rings. The van der Waals surface area contributed by atoms with Crippen LogP contribution in [0.5, 0.6) is 0 Å². The van der Waals surface area contributed by atoms with Crippen molar-refractivity contribution >= 4 is 11.9 Å². The molecular formula is C67H122O5. The zero-order valence-corrected chi connectivity index (χ0v) is 48.5. The smallest absolute Gasteiger partial charge is 0.306 e. The summed E-state index contributed by atoms with van der Waals surface area (Å²) in [7, 11) is 0. The lowest BCUT2D eigenvalue weighted by Gasteiger charge is -2.18. The van der Waals surface area contributed by atoms with Crippen molar-refractivity contribution in [1.29, 1.82) is 0 Å². The van der Waals surface area contributed by atoms with Gasteiger partial charge < -0.3 is 14.2 Å². The van der Waals surface area contributed by atoms with E-state index in [0.29, 0.717) is 19.4 Å². The lowest BCUT2D eigenvalue weighted by molar-refractivity contribution is -0.163. The average molecular weight is 1010 g/mol. The molecule has 0 heterocycles. The molecule has 0 saturated carbocycles. The monoisotopic (exact) mass is 1010 g/mol. The first kappa shape index (κ1) is 69.6. The van der Waals surface area contributed by atoms with Gasteiger partial charge >= 0.3 is 11.9 Å². The highest BCUT2D eigenvalue weighted by molar-refractivity contribution is 5.70. The predicted octanol–water partition coefficient (Wildman–Crippen LogP) is 22.0. The van der Waals surface area contributed by atoms with E-state index in [1.54, 1.807) is 0 Å². The van der Waals surface area contributed by atoms with E-state index in [4.69, 9.17) is 14.2 Å². The molecule has 0 aliphatic carbocycles. The van der Waals surface area contributed by atoms with Gasteiger partial charge in [0, 0.05) is 19.4 Å². The molecule has 0 spiro atoms. The summed E-state index contributed by atoms with van der Waals surface area (Å²) in [5, 5.41) is 0. The van der Waals surface area contributed by atoms with Crippen LogP contribution in [0.1, 0.15) is 329 Å². The molecule has 0 N–H and O–H groups in total. The molecule has 0 aromatic heterocycles. The molecule has 1 unspecified atom stereocenters. The van der Waals surface area contributed by atoms with E-state index in [9.17, 15) is 9.59 Å². The molecule has 0 saturated heterocycles. The molecule has 0 amide bonds. The second-order valence-electron chi connectivity index (χ2n) is 21.3. The van der Waals surface area contributed by atoms with Gasteiger partial charge in [-0.3, -0.25) is 9.59 Å². The molecule has 0 bridgehead atoms. The van der Waals surface area contributed by atoms with Crippen molar-refractivity contribution in [3.63, 3.8) is 0 Å². The van der Waals surface area contributed by atoms with Gasteiger partial charge in [0.15, 0.2) is 6.10 Å². The van der Waals surface area contributed by atoms with Gasteiger partial charge in [-0.1, -0.05) is 268 Å². The van der Waals surface area contributed by atoms with E-state index in [1.165, 1.54) is 225 Å². The summed E-state index contributed by atoms with van der Waals surface area (Å²) < 4.78 is 17.5. The number of hydrogen-bond donors (Lipinski definition) is 0. The van der Waals surface area contributed by atoms with Gasteiger partial charge in [-0.05, 0) is 109 Å². The Labute approximate surface area is 449 Å². The van der Waals surface area contributed by atoms with Crippen LogP contribution in [0.2, 0.25) is 0 Å². The molecule has 0 aromatic carbocycles. The number of unbranched alkanes of at least 4 members (excludes halogenated alkanes) is 38. The molecule has 0 rings (SSSR count). The summed E-state index contributed by atoms with van der Waals surface area (Å²) >= 11 is 0. The largest absolute Gasteiger partial charge is 0.462 e. The maximum atomic E-state index is 12.9. The quantitative estimate of drug-likeness (QED) is 0.0345. The Bertz CT molecular complexity index is 1230. The van der Waals surface area contributed by atoms with Crippen LogP contribution in [0, 0.1) is 0 Å². The van der Waals surface area contributed by atoms with Crippen molar-refractivity contribution in [2.45, 2.75) is 335 Å². The van der Waals surface area contributed by atoms with Crippen LogP contribution in [0.4, 0.5) is 0 Å². The average Bonchev–Trinajstić information content (AvgIpc) is 3.38. The van der Waals surface area contributed by atoms with E-state index >= 15 is 0 Å². The Kier molecular flexibility index (Phi) is 60.8. The standard InChI is InChI=1S/C67H122O5/c1-4-7-10-13-16-19-22-25-28-31-33-35-38-41-44-47-50-53-56-59-62-70-63-65(72-67(69)61-58-55-52-49-46-43-40-36-30-27-24-21-18-15-12-9-6-3)64-71-66(68)60-57-54-51-48-45-42-39-37-34-32-29-26-23-20-17-14-11-8-5-2/h17,20,25-30,34,37,65H,4-16,18-19,21-24,31-33,35-36,38-64H2,1-3H3/b20-17-,28-25-,29-26-,30-27-,37-34-. The fourth-order valence-corrected chi connectivity index (χ4v) is 9.21. The number of hydrogen-bond acceptors (Lipinski definition) is 5. The van der Waals surface area contributed by atoms with Crippen molar-refractivity contribution in [2.75, 3.05) is 19.8 Å². The van der Waals surface area contributed by atoms with Gasteiger partial charge in [-0.2, -0.15) is 0 Å². The zero-order valence-electron chi connectivity index (χ0n) is 48.5. The Morgan fingerprint density at radius 1 is 0.306 bits per heavy atom. The van der Waals surface area contributed by atoms with Crippen molar-refractivity contribution in [2.24, 2.45) is 0 Å². The van der Waals surface area contributed by atoms with Crippen LogP contribution >= 0.6 is 0 Å². The van der Waals surface area contributed by atoms with Gasteiger partial charge in [-0.25, -0.2) is 0 Å². The lowest BCUT2D eigenvalue weighted by atomic mass is 10.1. The molecule has 420 valence electrons. The normalized spacial score (nSPS) is 12.5. The summed E-state index contributed by atoms with van der Waals surface area (Å²) in [4.78, 5) is 25.6. The molecular weight excluding hydrogens is 885 g/mol. The highest BCUT2D eigenvalue weighted by atomic mass is 16.6. The van der Waals surface area contributed by atoms with E-state index in [-0.39, 0.29) is 25.2 Å². The minimum absolute atomic E-state index is 0.0776. The summed E-state index contributed by atoms with van der Waals surface area (Å²) in [5.74, 6) is -0.402. The molecule has 0 fully saturated rings. The molecule has 0 radical (unpaired) electrons. The van der Waals surface area contributed by atoms with Crippen LogP contribution in [-0.2, 0) is 23.8 Å². The van der Waals surface area contributed by atoms with Gasteiger partial charge in [0.2, 0.25) is 0 Å². The summed E-state index contributed by atoms with van der Waals surface area (Å²) in [6.45, 7) is 7.82. The van der Waals surface area contributed by atoms with Crippen LogP contribution in [0.25, 0.3) is 0 Å². The van der Waals surface area contributed by atoms with Crippen molar-refractivity contribution in [3.8, 4) is 0 Å². The van der Waals surface area contributed by atoms with Crippen molar-refractivity contribution in [1.82, 2.24) is 0 Å². The van der Waals surface area contributed by atoms with Gasteiger partial charge in [-0.15, -0.1) is 0 Å². The topological polar surface area (TPSA) is 61.8 Å². The number of esters is 2. The number of rotatable bonds is 59. The molecule has 0 aliphatic heterocycles. The summed E-state index contributed by atoms with van der Waals surface area (Å²) in [6.07, 6.45) is 81.1. The van der Waals surface area contributed by atoms with E-state index in [0.717, 1.165) is 70.6 Å². The molecule has 5 nitrogen and oxygen atoms in total. The molecule has 72 heavy (non-hydrogen) atoms. The van der Waals surface area contributed by atoms with Gasteiger partial charge in [0.1, 0.15) is 6.61 Å². The third-order valence-corrected chi connectivity index (χ3v) is 14.0. The van der Waals surface area contributed by atoms with Gasteiger partial charge in [0.25, 0.3) is 0 Å². The Hall–Kier alpha value is -2.40. The first-order valence-electron chi connectivity index (χ1n) is 31.8. The van der Waals surface area contributed by atoms with Crippen LogP contribution in [0.15, 0.2) is 60.8 Å². The highest BCUT2D eigenvalue weighted by Crippen LogP contribution is 2.16. The first-order valence-corrected chi connectivity index (χ1v) is 31.8. The van der Waals surface area contributed by atoms with Crippen LogP contribution in [0.3, 0.4) is 0 Å². The fraction of sp³-hybridized carbons (Fsp3) is 0.821. The SMILES string of the molecule is CCCCC/C=C\C/C=C\C/C=C\CCCCCCCCC(=O)OCC(COCCCCCCCCCCCC/C=C\CCCCCCCC)OC(=O)CCCCCCCCC/C=C\CCCCCCCC. The number of ether oxygens (including phenoxy) is 3. The Morgan fingerprint density at radius 2 is 0.583 bits per heavy atom. The van der Waals surface area contributed by atoms with Crippen molar-refractivity contribution < 1.29 is 23.8 Å². The van der Waals surface area contributed by atoms with E-state index in [2.05, 4.69) is 81.5 Å². The minimum atomic E-state index is -0.547. The second kappa shape index (κ2) is 62.9. The molecule has 5 heteroatoms. The third-order valence-electron chi connectivity index (χ3n) is 14.0. The van der Waals surface area contributed by atoms with Gasteiger partial charge in [0.05, 0.1) is 6.61 Å². The molecule has 1 atom stereocenters. The van der Waals surface area contributed by atoms with Crippen LogP contribution in [-0.4, -0.2) is 37.9 Å². The highest BCUT2D eigenvalue weighted by Gasteiger charge is 2.17. The first-order chi connectivity index (χ1) is 35.6. The van der Waals surface area contributed by atoms with Crippen LogP contribution < -0.4 is 0 Å². The maximum absolute atomic E-state index is 12.9.